The average Bonchev–Trinajstić information content (AvgIpc) is 2.72. The molecule has 0 aliphatic carbocycles. The Hall–Kier alpha value is -1.76. The van der Waals surface area contributed by atoms with E-state index in [4.69, 9.17) is 11.5 Å². The van der Waals surface area contributed by atoms with Gasteiger partial charge in [-0.25, -0.2) is 0 Å². The Morgan fingerprint density at radius 3 is 2.48 bits per heavy atom. The van der Waals surface area contributed by atoms with Crippen molar-refractivity contribution in [3.8, 4) is 0 Å². The lowest BCUT2D eigenvalue weighted by molar-refractivity contribution is 0.0958. The van der Waals surface area contributed by atoms with Crippen LogP contribution < -0.4 is 22.1 Å². The van der Waals surface area contributed by atoms with Crippen molar-refractivity contribution < 1.29 is 9.59 Å². The number of primary amides is 1. The number of hydrogen-bond donors (Lipinski definition) is 4. The molecule has 6 nitrogen and oxygen atoms in total. The van der Waals surface area contributed by atoms with Gasteiger partial charge in [0.25, 0.3) is 11.8 Å². The first-order valence-corrected chi connectivity index (χ1v) is 7.94. The molecule has 0 aliphatic rings. The van der Waals surface area contributed by atoms with Crippen LogP contribution in [0.15, 0.2) is 0 Å². The van der Waals surface area contributed by atoms with Gasteiger partial charge in [0, 0.05) is 13.1 Å². The fourth-order valence-electron chi connectivity index (χ4n) is 1.77. The molecule has 0 fully saturated rings. The molecule has 0 atom stereocenters. The van der Waals surface area contributed by atoms with Crippen molar-refractivity contribution in [2.24, 2.45) is 11.7 Å². The molecule has 0 saturated heterocycles. The molecular weight excluding hydrogens is 288 g/mol. The first-order valence-electron chi connectivity index (χ1n) is 7.12. The van der Waals surface area contributed by atoms with Gasteiger partial charge in [0.15, 0.2) is 0 Å². The second-order valence-electron chi connectivity index (χ2n) is 5.28. The maximum absolute atomic E-state index is 12.0. The Bertz CT molecular complexity index is 511. The van der Waals surface area contributed by atoms with Gasteiger partial charge < -0.3 is 22.1 Å². The SMILES string of the molecule is CCCNC(=O)c1sc(NCCC(C)C)c(C(N)=O)c1N. The van der Waals surface area contributed by atoms with Crippen LogP contribution in [0.2, 0.25) is 0 Å². The zero-order valence-electron chi connectivity index (χ0n) is 12.8. The van der Waals surface area contributed by atoms with Crippen molar-refractivity contribution >= 4 is 33.8 Å². The first kappa shape index (κ1) is 17.3. The lowest BCUT2D eigenvalue weighted by Gasteiger charge is -2.07. The Morgan fingerprint density at radius 2 is 1.95 bits per heavy atom. The summed E-state index contributed by atoms with van der Waals surface area (Å²) in [5.41, 5.74) is 11.7. The Morgan fingerprint density at radius 1 is 1.29 bits per heavy atom. The number of nitrogens with one attached hydrogen (secondary N) is 2. The van der Waals surface area contributed by atoms with Gasteiger partial charge in [-0.2, -0.15) is 0 Å². The van der Waals surface area contributed by atoms with Crippen LogP contribution in [0.25, 0.3) is 0 Å². The third-order valence-corrected chi connectivity index (χ3v) is 4.10. The molecule has 1 aromatic heterocycles. The van der Waals surface area contributed by atoms with E-state index in [-0.39, 0.29) is 17.2 Å². The lowest BCUT2D eigenvalue weighted by atomic mass is 10.1. The van der Waals surface area contributed by atoms with Crippen molar-refractivity contribution in [2.45, 2.75) is 33.6 Å². The number of anilines is 2. The van der Waals surface area contributed by atoms with Gasteiger partial charge in [0.05, 0.1) is 11.3 Å². The molecule has 1 rings (SSSR count). The van der Waals surface area contributed by atoms with Crippen LogP contribution in [0.3, 0.4) is 0 Å². The van der Waals surface area contributed by atoms with E-state index >= 15 is 0 Å². The molecule has 2 amide bonds. The van der Waals surface area contributed by atoms with Gasteiger partial charge in [0.2, 0.25) is 0 Å². The van der Waals surface area contributed by atoms with Gasteiger partial charge in [-0.3, -0.25) is 9.59 Å². The summed E-state index contributed by atoms with van der Waals surface area (Å²) in [4.78, 5) is 23.9. The van der Waals surface area contributed by atoms with Gasteiger partial charge in [-0.1, -0.05) is 20.8 Å². The van der Waals surface area contributed by atoms with Crippen LogP contribution >= 0.6 is 11.3 Å². The smallest absolute Gasteiger partial charge is 0.263 e. The van der Waals surface area contributed by atoms with Crippen LogP contribution in [0.4, 0.5) is 10.7 Å². The number of carbonyl (C=O) groups excluding carboxylic acids is 2. The second-order valence-corrected chi connectivity index (χ2v) is 6.30. The van der Waals surface area contributed by atoms with Crippen molar-refractivity contribution in [3.63, 3.8) is 0 Å². The summed E-state index contributed by atoms with van der Waals surface area (Å²) in [7, 11) is 0. The number of hydrogen-bond acceptors (Lipinski definition) is 5. The molecule has 0 aliphatic heterocycles. The van der Waals surface area contributed by atoms with Crippen LogP contribution in [-0.2, 0) is 0 Å². The summed E-state index contributed by atoms with van der Waals surface area (Å²) in [5, 5.41) is 6.48. The molecule has 0 spiro atoms. The van der Waals surface area contributed by atoms with Crippen LogP contribution in [-0.4, -0.2) is 24.9 Å². The lowest BCUT2D eigenvalue weighted by Crippen LogP contribution is -2.24. The zero-order chi connectivity index (χ0) is 16.0. The minimum absolute atomic E-state index is 0.160. The van der Waals surface area contributed by atoms with E-state index in [0.717, 1.165) is 12.8 Å². The topological polar surface area (TPSA) is 110 Å². The van der Waals surface area contributed by atoms with Crippen LogP contribution in [0.5, 0.6) is 0 Å². The minimum Gasteiger partial charge on any atom is -0.397 e. The summed E-state index contributed by atoms with van der Waals surface area (Å²) in [6.45, 7) is 7.46. The molecule has 1 aromatic rings. The number of thiophene rings is 1. The summed E-state index contributed by atoms with van der Waals surface area (Å²) in [6, 6.07) is 0. The van der Waals surface area contributed by atoms with Crippen molar-refractivity contribution in [3.05, 3.63) is 10.4 Å². The van der Waals surface area contributed by atoms with Crippen molar-refractivity contribution in [1.29, 1.82) is 0 Å². The standard InChI is InChI=1S/C14H24N4O2S/c1-4-6-17-13(20)11-10(15)9(12(16)19)14(21-11)18-7-5-8(2)3/h8,18H,4-7,15H2,1-3H3,(H2,16,19)(H,17,20). The molecule has 1 heterocycles. The predicted molar refractivity (Wildman–Crippen MR) is 87.8 cm³/mol. The Balaban J connectivity index is 2.96. The maximum atomic E-state index is 12.0. The fraction of sp³-hybridized carbons (Fsp3) is 0.571. The molecule has 21 heavy (non-hydrogen) atoms. The predicted octanol–water partition coefficient (Wildman–Crippen LogP) is 2.03. The number of rotatable bonds is 8. The molecule has 118 valence electrons. The van der Waals surface area contributed by atoms with Crippen molar-refractivity contribution in [2.75, 3.05) is 24.1 Å². The van der Waals surface area contributed by atoms with Crippen molar-refractivity contribution in [1.82, 2.24) is 5.32 Å². The first-order chi connectivity index (χ1) is 9.88. The molecule has 0 saturated carbocycles. The quantitative estimate of drug-likeness (QED) is 0.588. The molecule has 0 radical (unpaired) electrons. The molecular formula is C14H24N4O2S. The molecule has 0 unspecified atom stereocenters. The van der Waals surface area contributed by atoms with E-state index in [1.54, 1.807) is 0 Å². The van der Waals surface area contributed by atoms with Gasteiger partial charge >= 0.3 is 0 Å². The average molecular weight is 312 g/mol. The highest BCUT2D eigenvalue weighted by atomic mass is 32.1. The van der Waals surface area contributed by atoms with E-state index in [1.165, 1.54) is 11.3 Å². The summed E-state index contributed by atoms with van der Waals surface area (Å²) >= 11 is 1.18. The van der Waals surface area contributed by atoms with Crippen LogP contribution in [0.1, 0.15) is 53.6 Å². The minimum atomic E-state index is -0.620. The Labute approximate surface area is 129 Å². The van der Waals surface area contributed by atoms with E-state index < -0.39 is 5.91 Å². The fourth-order valence-corrected chi connectivity index (χ4v) is 2.84. The molecule has 7 heteroatoms. The molecule has 6 N–H and O–H groups in total. The number of carbonyl (C=O) groups is 2. The van der Waals surface area contributed by atoms with Crippen LogP contribution in [0, 0.1) is 5.92 Å². The highest BCUT2D eigenvalue weighted by Gasteiger charge is 2.23. The number of amides is 2. The van der Waals surface area contributed by atoms with E-state index in [9.17, 15) is 9.59 Å². The van der Waals surface area contributed by atoms with E-state index in [2.05, 4.69) is 24.5 Å². The van der Waals surface area contributed by atoms with E-state index in [1.807, 2.05) is 6.92 Å². The van der Waals surface area contributed by atoms with Gasteiger partial charge in [0.1, 0.15) is 9.88 Å². The third-order valence-electron chi connectivity index (χ3n) is 2.94. The monoisotopic (exact) mass is 312 g/mol. The molecule has 0 aromatic carbocycles. The largest absolute Gasteiger partial charge is 0.397 e. The third kappa shape index (κ3) is 4.63. The van der Waals surface area contributed by atoms with Gasteiger partial charge in [-0.15, -0.1) is 11.3 Å². The Kier molecular flexibility index (Phi) is 6.48. The zero-order valence-corrected chi connectivity index (χ0v) is 13.6. The normalized spacial score (nSPS) is 10.7. The summed E-state index contributed by atoms with van der Waals surface area (Å²) < 4.78 is 0. The summed E-state index contributed by atoms with van der Waals surface area (Å²) in [5.74, 6) is -0.344. The number of nitrogen functional groups attached to an aromatic ring is 1. The highest BCUT2D eigenvalue weighted by Crippen LogP contribution is 2.35. The van der Waals surface area contributed by atoms with Gasteiger partial charge in [-0.05, 0) is 18.8 Å². The van der Waals surface area contributed by atoms with E-state index in [0.29, 0.717) is 28.9 Å². The highest BCUT2D eigenvalue weighted by molar-refractivity contribution is 7.19. The number of nitrogens with two attached hydrogens (primary N) is 2. The second kappa shape index (κ2) is 7.87. The summed E-state index contributed by atoms with van der Waals surface area (Å²) in [6.07, 6.45) is 1.78. The maximum Gasteiger partial charge on any atom is 0.263 e. The molecule has 0 bridgehead atoms.